The van der Waals surface area contributed by atoms with Crippen LogP contribution in [0, 0.1) is 0 Å². The van der Waals surface area contributed by atoms with Gasteiger partial charge in [0.1, 0.15) is 18.1 Å². The van der Waals surface area contributed by atoms with Gasteiger partial charge in [0.05, 0.1) is 11.3 Å². The maximum atomic E-state index is 10.8. The standard InChI is InChI=1S/C28H31N5O5/c1-17(2)22-12-23(25(35)13-24(22)34)26-30-31-28(37)33(26)21-10-8-19(9-11-21)15-32(3)14-18-4-6-20(7-5-18)16-38-27(29)36/h4-13,17,34-35H,14-16H2,1-3H3,(H2,29,36)(H,31,37). The molecule has 4 aromatic rings. The molecule has 0 aliphatic rings. The van der Waals surface area contributed by atoms with Crippen LogP contribution in [0.2, 0.25) is 0 Å². The van der Waals surface area contributed by atoms with E-state index >= 15 is 0 Å². The van der Waals surface area contributed by atoms with Gasteiger partial charge in [0.25, 0.3) is 0 Å². The lowest BCUT2D eigenvalue weighted by molar-refractivity contribution is 0.150. The number of primary amides is 1. The van der Waals surface area contributed by atoms with Crippen LogP contribution in [-0.4, -0.2) is 48.1 Å². The number of carbonyl (C=O) groups excluding carboxylic acids is 1. The molecule has 0 spiro atoms. The second-order valence-electron chi connectivity index (χ2n) is 9.50. The van der Waals surface area contributed by atoms with E-state index in [0.29, 0.717) is 29.9 Å². The van der Waals surface area contributed by atoms with Crippen molar-refractivity contribution in [2.45, 2.75) is 39.5 Å². The van der Waals surface area contributed by atoms with Crippen LogP contribution in [0.4, 0.5) is 4.79 Å². The van der Waals surface area contributed by atoms with E-state index in [1.165, 1.54) is 10.6 Å². The second-order valence-corrected chi connectivity index (χ2v) is 9.50. The van der Waals surface area contributed by atoms with Crippen LogP contribution in [-0.2, 0) is 24.4 Å². The molecule has 0 atom stereocenters. The number of nitrogens with zero attached hydrogens (tertiary/aromatic N) is 4. The molecule has 198 valence electrons. The summed E-state index contributed by atoms with van der Waals surface area (Å²) in [6.45, 7) is 5.42. The fourth-order valence-corrected chi connectivity index (χ4v) is 4.25. The summed E-state index contributed by atoms with van der Waals surface area (Å²) in [5.74, 6) is 0.117. The fourth-order valence-electron chi connectivity index (χ4n) is 4.25. The lowest BCUT2D eigenvalue weighted by Crippen LogP contribution is -2.17. The van der Waals surface area contributed by atoms with E-state index in [-0.39, 0.29) is 35.9 Å². The van der Waals surface area contributed by atoms with Crippen molar-refractivity contribution >= 4 is 6.09 Å². The predicted molar refractivity (Wildman–Crippen MR) is 142 cm³/mol. The number of hydrogen-bond acceptors (Lipinski definition) is 8. The Kier molecular flexibility index (Phi) is 7.82. The van der Waals surface area contributed by atoms with Crippen molar-refractivity contribution in [3.05, 3.63) is 82.9 Å². The van der Waals surface area contributed by atoms with Gasteiger partial charge >= 0.3 is 12.1 Å². The van der Waals surface area contributed by atoms with Crippen LogP contribution in [0.15, 0.2) is 60.7 Å². The number of carbonyl (C=O) groups is 1. The van der Waals surface area contributed by atoms with E-state index in [1.807, 2.05) is 69.4 Å². The smallest absolute Gasteiger partial charge is 0.404 e. The lowest BCUT2D eigenvalue weighted by Gasteiger charge is -2.18. The summed E-state index contributed by atoms with van der Waals surface area (Å²) < 4.78 is 6.26. The molecular formula is C28H31N5O5. The molecule has 5 N–H and O–H groups in total. The Morgan fingerprint density at radius 2 is 1.50 bits per heavy atom. The lowest BCUT2D eigenvalue weighted by atomic mass is 9.98. The third-order valence-corrected chi connectivity index (χ3v) is 6.16. The van der Waals surface area contributed by atoms with Gasteiger partial charge in [-0.15, -0.1) is 5.10 Å². The number of benzene rings is 3. The Labute approximate surface area is 220 Å². The van der Waals surface area contributed by atoms with Crippen LogP contribution in [0.1, 0.15) is 42.0 Å². The van der Waals surface area contributed by atoms with Crippen molar-refractivity contribution in [3.8, 4) is 34.6 Å². The molecule has 4 rings (SSSR count). The van der Waals surface area contributed by atoms with E-state index in [0.717, 1.165) is 16.7 Å². The number of hydrogen-bond donors (Lipinski definition) is 4. The first-order chi connectivity index (χ1) is 18.1. The zero-order valence-electron chi connectivity index (χ0n) is 21.5. The third-order valence-electron chi connectivity index (χ3n) is 6.16. The quantitative estimate of drug-likeness (QED) is 0.255. The summed E-state index contributed by atoms with van der Waals surface area (Å²) in [6.07, 6.45) is -0.797. The van der Waals surface area contributed by atoms with Gasteiger partial charge in [0.15, 0.2) is 5.82 Å². The Morgan fingerprint density at radius 1 is 0.921 bits per heavy atom. The van der Waals surface area contributed by atoms with Gasteiger partial charge < -0.3 is 25.8 Å². The van der Waals surface area contributed by atoms with Gasteiger partial charge in [0.2, 0.25) is 0 Å². The Morgan fingerprint density at radius 3 is 2.08 bits per heavy atom. The Balaban J connectivity index is 1.48. The first-order valence-electron chi connectivity index (χ1n) is 12.1. The number of amides is 1. The van der Waals surface area contributed by atoms with Crippen molar-refractivity contribution < 1.29 is 24.9 Å². The summed E-state index contributed by atoms with van der Waals surface area (Å²) in [7, 11) is 2.02. The molecule has 0 fully saturated rings. The van der Waals surface area contributed by atoms with Crippen molar-refractivity contribution in [3.63, 3.8) is 0 Å². The van der Waals surface area contributed by atoms with Gasteiger partial charge in [0, 0.05) is 19.2 Å². The molecular weight excluding hydrogens is 486 g/mol. The summed E-state index contributed by atoms with van der Waals surface area (Å²) in [5.41, 5.74) is 9.68. The van der Waals surface area contributed by atoms with Crippen molar-refractivity contribution in [2.24, 2.45) is 5.73 Å². The highest BCUT2D eigenvalue weighted by molar-refractivity contribution is 5.69. The first kappa shape index (κ1) is 26.5. The molecule has 3 aromatic carbocycles. The van der Waals surface area contributed by atoms with Crippen molar-refractivity contribution in [1.29, 1.82) is 0 Å². The van der Waals surface area contributed by atoms with Crippen molar-refractivity contribution in [1.82, 2.24) is 19.7 Å². The second kappa shape index (κ2) is 11.2. The minimum absolute atomic E-state index is 0.00180. The van der Waals surface area contributed by atoms with Crippen LogP contribution in [0.5, 0.6) is 17.5 Å². The number of rotatable bonds is 9. The summed E-state index contributed by atoms with van der Waals surface area (Å²) in [4.78, 5) is 12.9. The minimum atomic E-state index is -0.797. The van der Waals surface area contributed by atoms with Crippen LogP contribution in [0.25, 0.3) is 17.1 Å². The maximum absolute atomic E-state index is 10.8. The molecule has 38 heavy (non-hydrogen) atoms. The van der Waals surface area contributed by atoms with E-state index in [1.54, 1.807) is 6.07 Å². The Hall–Kier alpha value is -4.57. The van der Waals surface area contributed by atoms with Gasteiger partial charge in [-0.05, 0) is 53.4 Å². The molecule has 0 radical (unpaired) electrons. The minimum Gasteiger partial charge on any atom is -0.508 e. The molecule has 1 heterocycles. The van der Waals surface area contributed by atoms with Crippen molar-refractivity contribution in [2.75, 3.05) is 7.05 Å². The zero-order valence-corrected chi connectivity index (χ0v) is 21.5. The highest BCUT2D eigenvalue weighted by Gasteiger charge is 2.21. The third kappa shape index (κ3) is 6.04. The highest BCUT2D eigenvalue weighted by atomic mass is 16.5. The normalized spacial score (nSPS) is 11.3. The van der Waals surface area contributed by atoms with Crippen LogP contribution < -0.4 is 5.73 Å². The van der Waals surface area contributed by atoms with Crippen LogP contribution >= 0.6 is 0 Å². The number of aromatic nitrogens is 3. The molecule has 10 nitrogen and oxygen atoms in total. The van der Waals surface area contributed by atoms with E-state index in [2.05, 4.69) is 15.1 Å². The number of phenols is 2. The molecule has 0 bridgehead atoms. The van der Waals surface area contributed by atoms with Gasteiger partial charge in [-0.25, -0.2) is 9.36 Å². The highest BCUT2D eigenvalue weighted by Crippen LogP contribution is 2.38. The van der Waals surface area contributed by atoms with E-state index in [9.17, 15) is 20.1 Å². The predicted octanol–water partition coefficient (Wildman–Crippen LogP) is 4.40. The average Bonchev–Trinajstić information content (AvgIpc) is 3.24. The zero-order chi connectivity index (χ0) is 27.4. The van der Waals surface area contributed by atoms with Gasteiger partial charge in [-0.2, -0.15) is 0 Å². The monoisotopic (exact) mass is 517 g/mol. The van der Waals surface area contributed by atoms with E-state index in [4.69, 9.17) is 10.5 Å². The van der Waals surface area contributed by atoms with E-state index < -0.39 is 6.09 Å². The summed E-state index contributed by atoms with van der Waals surface area (Å²) in [6, 6.07) is 18.0. The fraction of sp³-hybridized carbons (Fsp3) is 0.250. The molecule has 0 saturated heterocycles. The Bertz CT molecular complexity index is 1420. The number of nitrogens with two attached hydrogens (primary N) is 1. The molecule has 0 aliphatic heterocycles. The molecule has 0 aliphatic carbocycles. The first-order valence-corrected chi connectivity index (χ1v) is 12.1. The number of aromatic hydroxyl groups is 3. The number of phenolic OH excluding ortho intramolecular Hbond substituents is 2. The van der Waals surface area contributed by atoms with Gasteiger partial charge in [-0.3, -0.25) is 4.90 Å². The SMILES string of the molecule is CC(C)c1cc(-c2nnc(O)n2-c2ccc(CN(C)Cc3ccc(COC(N)=O)cc3)cc2)c(O)cc1O. The van der Waals surface area contributed by atoms with Crippen LogP contribution in [0.3, 0.4) is 0 Å². The summed E-state index contributed by atoms with van der Waals surface area (Å²) in [5, 5.41) is 39.0. The maximum Gasteiger partial charge on any atom is 0.404 e. The summed E-state index contributed by atoms with van der Waals surface area (Å²) >= 11 is 0. The number of ether oxygens (including phenoxy) is 1. The molecule has 0 saturated carbocycles. The van der Waals surface area contributed by atoms with Gasteiger partial charge in [-0.1, -0.05) is 55.3 Å². The molecule has 10 heteroatoms. The topological polar surface area (TPSA) is 147 Å². The average molecular weight is 518 g/mol. The molecule has 1 aromatic heterocycles. The molecule has 1 amide bonds. The largest absolute Gasteiger partial charge is 0.508 e. The molecule has 0 unspecified atom stereocenters.